The van der Waals surface area contributed by atoms with Crippen molar-refractivity contribution >= 4 is 0 Å². The third kappa shape index (κ3) is 7.20. The van der Waals surface area contributed by atoms with Crippen LogP contribution in [0.3, 0.4) is 0 Å². The minimum Gasteiger partial charge on any atom is -0.394 e. The summed E-state index contributed by atoms with van der Waals surface area (Å²) < 4.78 is 10.9. The number of rotatable bonds is 12. The molecule has 0 aromatic rings. The van der Waals surface area contributed by atoms with Gasteiger partial charge in [0, 0.05) is 6.61 Å². The van der Waals surface area contributed by atoms with E-state index < -0.39 is 24.4 Å². The molecule has 0 saturated carbocycles. The largest absolute Gasteiger partial charge is 0.394 e. The quantitative estimate of drug-likeness (QED) is 0.378. The number of hydrogen-bond donors (Lipinski definition) is 3. The zero-order chi connectivity index (χ0) is 16.2. The number of hydrogen-bond acceptors (Lipinski definition) is 5. The van der Waals surface area contributed by atoms with Gasteiger partial charge in [0.2, 0.25) is 0 Å². The molecule has 1 aliphatic rings. The third-order valence-corrected chi connectivity index (χ3v) is 3.97. The van der Waals surface area contributed by atoms with Gasteiger partial charge in [0.15, 0.2) is 0 Å². The van der Waals surface area contributed by atoms with Crippen molar-refractivity contribution < 1.29 is 24.8 Å². The lowest BCUT2D eigenvalue weighted by molar-refractivity contribution is -0.101. The Bertz CT molecular complexity index is 295. The predicted molar refractivity (Wildman–Crippen MR) is 85.7 cm³/mol. The fourth-order valence-electron chi connectivity index (χ4n) is 2.55. The minimum absolute atomic E-state index is 0.0918. The second-order valence-corrected chi connectivity index (χ2v) is 5.91. The highest BCUT2D eigenvalue weighted by atomic mass is 16.6. The van der Waals surface area contributed by atoms with E-state index in [1.165, 1.54) is 19.3 Å². The SMILES string of the molecule is CCCCC/C=C/CCCCO[C@@H](CO)[C@H]1OC[C@@H](O)[C@H]1O. The van der Waals surface area contributed by atoms with Crippen LogP contribution < -0.4 is 0 Å². The Morgan fingerprint density at radius 2 is 1.82 bits per heavy atom. The number of unbranched alkanes of at least 4 members (excludes halogenated alkanes) is 5. The Kier molecular flexibility index (Phi) is 10.7. The molecule has 0 aliphatic carbocycles. The molecule has 1 heterocycles. The molecule has 1 rings (SSSR count). The molecule has 130 valence electrons. The number of ether oxygens (including phenoxy) is 2. The maximum absolute atomic E-state index is 9.75. The van der Waals surface area contributed by atoms with Crippen LogP contribution in [-0.4, -0.2) is 59.6 Å². The van der Waals surface area contributed by atoms with Crippen LogP contribution in [0.25, 0.3) is 0 Å². The average molecular weight is 316 g/mol. The van der Waals surface area contributed by atoms with E-state index in [0.29, 0.717) is 6.61 Å². The van der Waals surface area contributed by atoms with Gasteiger partial charge in [-0.2, -0.15) is 0 Å². The summed E-state index contributed by atoms with van der Waals surface area (Å²) in [7, 11) is 0. The smallest absolute Gasteiger partial charge is 0.114 e. The van der Waals surface area contributed by atoms with Crippen LogP contribution in [0.15, 0.2) is 12.2 Å². The number of aliphatic hydroxyl groups is 3. The number of allylic oxidation sites excluding steroid dienone is 2. The second kappa shape index (κ2) is 12.0. The molecule has 22 heavy (non-hydrogen) atoms. The first-order valence-electron chi connectivity index (χ1n) is 8.55. The highest BCUT2D eigenvalue weighted by Gasteiger charge is 2.40. The standard InChI is InChI=1S/C17H32O5/c1-2-3-4-5-6-7-8-9-10-11-21-15(12-18)17-16(20)14(19)13-22-17/h6-7,14-20H,2-5,8-13H2,1H3/b7-6+/t14-,15+,16-,17-/m1/s1. The summed E-state index contributed by atoms with van der Waals surface area (Å²) in [5.74, 6) is 0. The molecular weight excluding hydrogens is 284 g/mol. The first kappa shape index (κ1) is 19.6. The van der Waals surface area contributed by atoms with Crippen LogP contribution in [0.2, 0.25) is 0 Å². The van der Waals surface area contributed by atoms with Crippen molar-refractivity contribution in [3.63, 3.8) is 0 Å². The summed E-state index contributed by atoms with van der Waals surface area (Å²) in [5.41, 5.74) is 0. The van der Waals surface area contributed by atoms with Gasteiger partial charge in [-0.3, -0.25) is 0 Å². The van der Waals surface area contributed by atoms with Crippen molar-refractivity contribution in [2.45, 2.75) is 76.3 Å². The van der Waals surface area contributed by atoms with Gasteiger partial charge in [0.05, 0.1) is 13.2 Å². The Labute approximate surface area is 133 Å². The van der Waals surface area contributed by atoms with Crippen molar-refractivity contribution in [3.05, 3.63) is 12.2 Å². The summed E-state index contributed by atoms with van der Waals surface area (Å²) >= 11 is 0. The molecule has 5 heteroatoms. The van der Waals surface area contributed by atoms with E-state index in [1.807, 2.05) is 0 Å². The van der Waals surface area contributed by atoms with E-state index in [-0.39, 0.29) is 13.2 Å². The van der Waals surface area contributed by atoms with Crippen LogP contribution in [0, 0.1) is 0 Å². The van der Waals surface area contributed by atoms with E-state index >= 15 is 0 Å². The van der Waals surface area contributed by atoms with Gasteiger partial charge in [-0.15, -0.1) is 0 Å². The molecule has 0 aromatic heterocycles. The predicted octanol–water partition coefficient (Wildman–Crippen LogP) is 1.79. The van der Waals surface area contributed by atoms with Crippen molar-refractivity contribution in [3.8, 4) is 0 Å². The normalized spacial score (nSPS) is 26.8. The van der Waals surface area contributed by atoms with Crippen molar-refractivity contribution in [1.29, 1.82) is 0 Å². The van der Waals surface area contributed by atoms with Crippen LogP contribution in [0.5, 0.6) is 0 Å². The molecule has 3 N–H and O–H groups in total. The van der Waals surface area contributed by atoms with Gasteiger partial charge < -0.3 is 24.8 Å². The molecule has 0 radical (unpaired) electrons. The van der Waals surface area contributed by atoms with Crippen molar-refractivity contribution in [1.82, 2.24) is 0 Å². The molecule has 5 nitrogen and oxygen atoms in total. The van der Waals surface area contributed by atoms with Gasteiger partial charge >= 0.3 is 0 Å². The topological polar surface area (TPSA) is 79.2 Å². The molecule has 0 unspecified atom stereocenters. The molecule has 0 amide bonds. The van der Waals surface area contributed by atoms with Crippen LogP contribution in [-0.2, 0) is 9.47 Å². The van der Waals surface area contributed by atoms with E-state index in [4.69, 9.17) is 9.47 Å². The lowest BCUT2D eigenvalue weighted by Crippen LogP contribution is -2.42. The monoisotopic (exact) mass is 316 g/mol. The molecule has 4 atom stereocenters. The number of aliphatic hydroxyl groups excluding tert-OH is 3. The lowest BCUT2D eigenvalue weighted by Gasteiger charge is -2.24. The summed E-state index contributed by atoms with van der Waals surface area (Å²) in [5, 5.41) is 28.5. The zero-order valence-corrected chi connectivity index (χ0v) is 13.7. The van der Waals surface area contributed by atoms with E-state index in [9.17, 15) is 15.3 Å². The fourth-order valence-corrected chi connectivity index (χ4v) is 2.55. The van der Waals surface area contributed by atoms with Gasteiger partial charge in [-0.25, -0.2) is 0 Å². The molecule has 0 spiro atoms. The Morgan fingerprint density at radius 3 is 2.36 bits per heavy atom. The van der Waals surface area contributed by atoms with Gasteiger partial charge in [0.25, 0.3) is 0 Å². The summed E-state index contributed by atoms with van der Waals surface area (Å²) in [6.07, 6.45) is 9.36. The maximum Gasteiger partial charge on any atom is 0.114 e. The van der Waals surface area contributed by atoms with Gasteiger partial charge in [-0.1, -0.05) is 31.9 Å². The third-order valence-electron chi connectivity index (χ3n) is 3.97. The van der Waals surface area contributed by atoms with Gasteiger partial charge in [-0.05, 0) is 32.1 Å². The molecule has 0 bridgehead atoms. The maximum atomic E-state index is 9.75. The highest BCUT2D eigenvalue weighted by molar-refractivity contribution is 4.88. The van der Waals surface area contributed by atoms with E-state index in [1.54, 1.807) is 0 Å². The molecule has 0 aromatic carbocycles. The first-order chi connectivity index (χ1) is 10.7. The van der Waals surface area contributed by atoms with Crippen molar-refractivity contribution in [2.24, 2.45) is 0 Å². The van der Waals surface area contributed by atoms with E-state index in [0.717, 1.165) is 25.7 Å². The lowest BCUT2D eigenvalue weighted by atomic mass is 10.1. The van der Waals surface area contributed by atoms with Crippen LogP contribution in [0.1, 0.15) is 51.9 Å². The molecule has 1 saturated heterocycles. The van der Waals surface area contributed by atoms with E-state index in [2.05, 4.69) is 19.1 Å². The zero-order valence-electron chi connectivity index (χ0n) is 13.7. The molecule has 1 fully saturated rings. The Balaban J connectivity index is 2.05. The second-order valence-electron chi connectivity index (χ2n) is 5.91. The Hall–Kier alpha value is -0.460. The van der Waals surface area contributed by atoms with Crippen LogP contribution >= 0.6 is 0 Å². The summed E-state index contributed by atoms with van der Waals surface area (Å²) in [6, 6.07) is 0. The minimum atomic E-state index is -0.983. The van der Waals surface area contributed by atoms with Crippen LogP contribution in [0.4, 0.5) is 0 Å². The van der Waals surface area contributed by atoms with Crippen molar-refractivity contribution in [2.75, 3.05) is 19.8 Å². The van der Waals surface area contributed by atoms with Gasteiger partial charge in [0.1, 0.15) is 24.4 Å². The molecule has 1 aliphatic heterocycles. The fraction of sp³-hybridized carbons (Fsp3) is 0.882. The molecular formula is C17H32O5. The average Bonchev–Trinajstić information content (AvgIpc) is 2.85. The Morgan fingerprint density at radius 1 is 1.14 bits per heavy atom. The first-order valence-corrected chi connectivity index (χ1v) is 8.55. The highest BCUT2D eigenvalue weighted by Crippen LogP contribution is 2.19. The summed E-state index contributed by atoms with van der Waals surface area (Å²) in [6.45, 7) is 2.61. The summed E-state index contributed by atoms with van der Waals surface area (Å²) in [4.78, 5) is 0.